The molecule has 0 bridgehead atoms. The minimum absolute atomic E-state index is 0.0397. The summed E-state index contributed by atoms with van der Waals surface area (Å²) in [5.74, 6) is 6.62. The first-order valence-corrected chi connectivity index (χ1v) is 7.06. The molecule has 2 aromatic rings. The third-order valence-electron chi connectivity index (χ3n) is 2.91. The molecular formula is C14H18BrN5. The van der Waals surface area contributed by atoms with E-state index in [9.17, 15) is 0 Å². The summed E-state index contributed by atoms with van der Waals surface area (Å²) in [5.41, 5.74) is 4.80. The van der Waals surface area contributed by atoms with Crippen molar-refractivity contribution in [1.29, 1.82) is 0 Å². The summed E-state index contributed by atoms with van der Waals surface area (Å²) >= 11 is 3.44. The Labute approximate surface area is 127 Å². The highest BCUT2D eigenvalue weighted by Crippen LogP contribution is 2.33. The van der Waals surface area contributed by atoms with Gasteiger partial charge in [-0.2, -0.15) is 0 Å². The number of hydrogen-bond acceptors (Lipinski definition) is 5. The summed E-state index contributed by atoms with van der Waals surface area (Å²) in [5, 5.41) is 3.33. The van der Waals surface area contributed by atoms with Gasteiger partial charge in [0.05, 0.1) is 0 Å². The van der Waals surface area contributed by atoms with Gasteiger partial charge in [-0.05, 0) is 33.0 Å². The number of nitrogens with two attached hydrogens (primary N) is 1. The van der Waals surface area contributed by atoms with E-state index in [0.29, 0.717) is 16.1 Å². The Morgan fingerprint density at radius 1 is 1.10 bits per heavy atom. The van der Waals surface area contributed by atoms with Gasteiger partial charge in [0.2, 0.25) is 0 Å². The molecule has 0 aliphatic heterocycles. The van der Waals surface area contributed by atoms with Crippen LogP contribution < -0.4 is 16.6 Å². The van der Waals surface area contributed by atoms with Gasteiger partial charge in [-0.3, -0.25) is 0 Å². The molecule has 1 aromatic heterocycles. The summed E-state index contributed by atoms with van der Waals surface area (Å²) in [6, 6.07) is 8.17. The summed E-state index contributed by atoms with van der Waals surface area (Å²) in [6.07, 6.45) is 1.46. The van der Waals surface area contributed by atoms with Crippen molar-refractivity contribution in [3.63, 3.8) is 0 Å². The zero-order valence-corrected chi connectivity index (χ0v) is 13.3. The number of anilines is 3. The molecule has 0 fully saturated rings. The van der Waals surface area contributed by atoms with Crippen molar-refractivity contribution in [1.82, 2.24) is 9.97 Å². The predicted molar refractivity (Wildman–Crippen MR) is 86.0 cm³/mol. The molecule has 0 saturated heterocycles. The third-order valence-corrected chi connectivity index (χ3v) is 3.67. The van der Waals surface area contributed by atoms with E-state index in [4.69, 9.17) is 5.84 Å². The van der Waals surface area contributed by atoms with Gasteiger partial charge in [0.1, 0.15) is 16.6 Å². The molecule has 0 aliphatic carbocycles. The van der Waals surface area contributed by atoms with Crippen LogP contribution in [0.25, 0.3) is 0 Å². The fourth-order valence-electron chi connectivity index (χ4n) is 1.93. The summed E-state index contributed by atoms with van der Waals surface area (Å²) < 4.78 is 0.700. The van der Waals surface area contributed by atoms with E-state index in [1.54, 1.807) is 0 Å². The highest BCUT2D eigenvalue weighted by Gasteiger charge is 2.18. The monoisotopic (exact) mass is 335 g/mol. The summed E-state index contributed by atoms with van der Waals surface area (Å²) in [7, 11) is 0. The zero-order chi connectivity index (χ0) is 14.8. The van der Waals surface area contributed by atoms with Crippen LogP contribution in [0.1, 0.15) is 26.3 Å². The lowest BCUT2D eigenvalue weighted by molar-refractivity contribution is 0.592. The summed E-state index contributed by atoms with van der Waals surface area (Å²) in [6.45, 7) is 6.53. The number of rotatable bonds is 3. The van der Waals surface area contributed by atoms with E-state index in [0.717, 1.165) is 5.69 Å². The highest BCUT2D eigenvalue weighted by atomic mass is 79.9. The van der Waals surface area contributed by atoms with Gasteiger partial charge in [0.15, 0.2) is 5.82 Å². The first-order valence-electron chi connectivity index (χ1n) is 6.27. The first-order chi connectivity index (χ1) is 9.43. The van der Waals surface area contributed by atoms with Gasteiger partial charge in [-0.1, -0.05) is 39.0 Å². The maximum absolute atomic E-state index is 5.41. The molecule has 106 valence electrons. The van der Waals surface area contributed by atoms with E-state index >= 15 is 0 Å². The van der Waals surface area contributed by atoms with E-state index < -0.39 is 0 Å². The molecule has 6 heteroatoms. The van der Waals surface area contributed by atoms with Crippen LogP contribution in [-0.2, 0) is 5.41 Å². The van der Waals surface area contributed by atoms with Crippen molar-refractivity contribution in [2.24, 2.45) is 5.84 Å². The quantitative estimate of drug-likeness (QED) is 0.590. The van der Waals surface area contributed by atoms with Crippen molar-refractivity contribution in [3.05, 3.63) is 40.6 Å². The van der Waals surface area contributed by atoms with Crippen LogP contribution in [0.15, 0.2) is 35.1 Å². The third kappa shape index (κ3) is 3.08. The van der Waals surface area contributed by atoms with Crippen molar-refractivity contribution >= 4 is 33.3 Å². The number of benzene rings is 1. The Bertz CT molecular complexity index is 607. The standard InChI is InChI=1S/C14H18BrN5/c1-14(2,3)9-6-4-5-7-10(9)19-12-11(15)13(20-16)18-8-17-12/h4-8H,16H2,1-3H3,(H2,17,18,19,20). The number of para-hydroxylation sites is 1. The second-order valence-corrected chi connectivity index (χ2v) is 6.24. The molecule has 0 radical (unpaired) electrons. The van der Waals surface area contributed by atoms with Gasteiger partial charge in [-0.15, -0.1) is 0 Å². The highest BCUT2D eigenvalue weighted by molar-refractivity contribution is 9.10. The summed E-state index contributed by atoms with van der Waals surface area (Å²) in [4.78, 5) is 8.28. The van der Waals surface area contributed by atoms with Crippen LogP contribution >= 0.6 is 15.9 Å². The molecule has 5 nitrogen and oxygen atoms in total. The van der Waals surface area contributed by atoms with E-state index in [-0.39, 0.29) is 5.41 Å². The Hall–Kier alpha value is -1.66. The van der Waals surface area contributed by atoms with Crippen LogP contribution in [0.2, 0.25) is 0 Å². The Morgan fingerprint density at radius 2 is 1.75 bits per heavy atom. The molecule has 0 unspecified atom stereocenters. The lowest BCUT2D eigenvalue weighted by atomic mass is 9.86. The Morgan fingerprint density at radius 3 is 2.40 bits per heavy atom. The average molecular weight is 336 g/mol. The number of halogens is 1. The van der Waals surface area contributed by atoms with Crippen molar-refractivity contribution in [2.45, 2.75) is 26.2 Å². The number of nitrogens with one attached hydrogen (secondary N) is 2. The minimum Gasteiger partial charge on any atom is -0.339 e. The topological polar surface area (TPSA) is 75.9 Å². The second kappa shape index (κ2) is 5.76. The lowest BCUT2D eigenvalue weighted by Crippen LogP contribution is -2.14. The molecule has 1 aromatic carbocycles. The molecule has 2 rings (SSSR count). The molecule has 20 heavy (non-hydrogen) atoms. The molecule has 1 heterocycles. The normalized spacial score (nSPS) is 11.2. The van der Waals surface area contributed by atoms with Crippen LogP contribution in [0.4, 0.5) is 17.3 Å². The van der Waals surface area contributed by atoms with Crippen LogP contribution in [-0.4, -0.2) is 9.97 Å². The molecule has 0 saturated carbocycles. The van der Waals surface area contributed by atoms with E-state index in [1.807, 2.05) is 18.2 Å². The first kappa shape index (κ1) is 14.7. The number of hydrogen-bond donors (Lipinski definition) is 3. The molecular weight excluding hydrogens is 318 g/mol. The fraction of sp³-hybridized carbons (Fsp3) is 0.286. The van der Waals surface area contributed by atoms with Gasteiger partial charge in [0, 0.05) is 5.69 Å². The van der Waals surface area contributed by atoms with E-state index in [2.05, 4.69) is 63.5 Å². The molecule has 0 spiro atoms. The van der Waals surface area contributed by atoms with Crippen LogP contribution in [0.3, 0.4) is 0 Å². The largest absolute Gasteiger partial charge is 0.339 e. The number of aromatic nitrogens is 2. The number of nitrogen functional groups attached to an aromatic ring is 1. The Balaban J connectivity index is 2.41. The number of nitrogens with zero attached hydrogens (tertiary/aromatic N) is 2. The van der Waals surface area contributed by atoms with Crippen LogP contribution in [0.5, 0.6) is 0 Å². The fourth-order valence-corrected chi connectivity index (χ4v) is 2.35. The van der Waals surface area contributed by atoms with Gasteiger partial charge in [-0.25, -0.2) is 15.8 Å². The minimum atomic E-state index is 0.0397. The van der Waals surface area contributed by atoms with Crippen molar-refractivity contribution < 1.29 is 0 Å². The average Bonchev–Trinajstić information content (AvgIpc) is 2.40. The van der Waals surface area contributed by atoms with Gasteiger partial charge < -0.3 is 10.7 Å². The molecule has 4 N–H and O–H groups in total. The molecule has 0 amide bonds. The van der Waals surface area contributed by atoms with Gasteiger partial charge in [0.25, 0.3) is 0 Å². The smallest absolute Gasteiger partial charge is 0.159 e. The van der Waals surface area contributed by atoms with Crippen molar-refractivity contribution in [2.75, 3.05) is 10.7 Å². The lowest BCUT2D eigenvalue weighted by Gasteiger charge is -2.23. The van der Waals surface area contributed by atoms with Crippen LogP contribution in [0, 0.1) is 0 Å². The van der Waals surface area contributed by atoms with E-state index in [1.165, 1.54) is 11.9 Å². The maximum atomic E-state index is 5.41. The maximum Gasteiger partial charge on any atom is 0.159 e. The van der Waals surface area contributed by atoms with Crippen molar-refractivity contribution in [3.8, 4) is 0 Å². The Kier molecular flexibility index (Phi) is 4.25. The predicted octanol–water partition coefficient (Wildman–Crippen LogP) is 3.57. The SMILES string of the molecule is CC(C)(C)c1ccccc1Nc1ncnc(NN)c1Br. The molecule has 0 aliphatic rings. The second-order valence-electron chi connectivity index (χ2n) is 5.45. The number of hydrazine groups is 1. The zero-order valence-electron chi connectivity index (χ0n) is 11.7. The molecule has 0 atom stereocenters. The van der Waals surface area contributed by atoms with Gasteiger partial charge >= 0.3 is 0 Å².